The molecule has 6 N–H and O–H groups in total. The van der Waals surface area contributed by atoms with Gasteiger partial charge in [-0.2, -0.15) is 0 Å². The van der Waals surface area contributed by atoms with E-state index in [0.717, 1.165) is 39.5 Å². The van der Waals surface area contributed by atoms with Gasteiger partial charge in [-0.1, -0.05) is 87.8 Å². The van der Waals surface area contributed by atoms with Crippen LogP contribution in [0.25, 0.3) is 0 Å². The zero-order chi connectivity index (χ0) is 45.4. The predicted octanol–water partition coefficient (Wildman–Crippen LogP) is 6.30. The fraction of sp³-hybridized carbons (Fsp3) is 0.478. The standard InChI is InChI=1S/C46H58ClN7O8/c1-27(2)37(50(5)43(59)60)39(55)52-25-7-23-45(52,41(48)57)31-13-9-29(10-14-31)35-21-22-36(54(35)34-19-17-33(47)18-20-34)30-11-15-32(16-12-30)46(42(49)58)24-8-26-53(46)40(56)38(28(3)4)51(6)44(61)62/h9-20,27-28,35-38H,7-8,21-26H2,1-6H3,(H2,48,57)(H2,49,58)(H,59,60)(H,61,62)/t35-,36-,37-,38-,45-,46-/m0/s1. The van der Waals surface area contributed by atoms with E-state index in [1.165, 1.54) is 23.9 Å². The molecule has 3 fully saturated rings. The van der Waals surface area contributed by atoms with Gasteiger partial charge in [0, 0.05) is 37.9 Å². The first kappa shape index (κ1) is 45.7. The number of halogens is 1. The number of rotatable bonds is 13. The fourth-order valence-corrected chi connectivity index (χ4v) is 10.5. The maximum Gasteiger partial charge on any atom is 0.407 e. The molecular weight excluding hydrogens is 814 g/mol. The summed E-state index contributed by atoms with van der Waals surface area (Å²) < 4.78 is 0. The predicted molar refractivity (Wildman–Crippen MR) is 234 cm³/mol. The Balaban J connectivity index is 1.33. The van der Waals surface area contributed by atoms with E-state index >= 15 is 0 Å². The molecule has 16 heteroatoms. The van der Waals surface area contributed by atoms with Gasteiger partial charge < -0.3 is 36.4 Å². The summed E-state index contributed by atoms with van der Waals surface area (Å²) in [5, 5.41) is 20.1. The van der Waals surface area contributed by atoms with E-state index in [2.05, 4.69) is 4.90 Å². The number of amides is 6. The van der Waals surface area contributed by atoms with E-state index in [9.17, 15) is 39.0 Å². The van der Waals surface area contributed by atoms with Crippen LogP contribution in [-0.2, 0) is 30.3 Å². The second kappa shape index (κ2) is 17.9. The van der Waals surface area contributed by atoms with Gasteiger partial charge in [0.25, 0.3) is 0 Å². The molecule has 6 atom stereocenters. The Labute approximate surface area is 367 Å². The fourth-order valence-electron chi connectivity index (χ4n) is 10.4. The van der Waals surface area contributed by atoms with Crippen molar-refractivity contribution in [2.45, 2.75) is 101 Å². The third-order valence-corrected chi connectivity index (χ3v) is 13.6. The van der Waals surface area contributed by atoms with E-state index in [1.54, 1.807) is 27.7 Å². The first-order valence-corrected chi connectivity index (χ1v) is 21.6. The van der Waals surface area contributed by atoms with E-state index in [0.29, 0.717) is 41.8 Å². The SMILES string of the molecule is CC(C)[C@@H](C(=O)N1CCC[C@@]1(C(N)=O)c1ccc([C@@H]2CC[C@@H](c3ccc([C@]4(C(N)=O)CCCN4C(=O)[C@H](C(C)C)N(C)C(=O)O)cc3)N2c2ccc(Cl)cc2)cc1)N(C)C(=O)O. The van der Waals surface area contributed by atoms with Crippen LogP contribution in [0.2, 0.25) is 5.02 Å². The van der Waals surface area contributed by atoms with E-state index < -0.39 is 59.0 Å². The van der Waals surface area contributed by atoms with Crippen LogP contribution in [0, 0.1) is 11.8 Å². The molecule has 332 valence electrons. The molecule has 0 bridgehead atoms. The molecule has 6 rings (SSSR count). The van der Waals surface area contributed by atoms with Gasteiger partial charge in [0.05, 0.1) is 12.1 Å². The summed E-state index contributed by atoms with van der Waals surface area (Å²) >= 11 is 6.36. The minimum absolute atomic E-state index is 0.130. The Bertz CT molecular complexity index is 2050. The number of hydrogen-bond acceptors (Lipinski definition) is 7. The minimum Gasteiger partial charge on any atom is -0.465 e. The summed E-state index contributed by atoms with van der Waals surface area (Å²) in [6.45, 7) is 7.58. The van der Waals surface area contributed by atoms with Crippen molar-refractivity contribution in [3.8, 4) is 0 Å². The third-order valence-electron chi connectivity index (χ3n) is 13.4. The van der Waals surface area contributed by atoms with Gasteiger partial charge in [-0.3, -0.25) is 29.0 Å². The Hall–Kier alpha value is -5.83. The summed E-state index contributed by atoms with van der Waals surface area (Å²) in [6.07, 6.45) is 0.637. The highest BCUT2D eigenvalue weighted by Gasteiger charge is 2.54. The van der Waals surface area contributed by atoms with Crippen molar-refractivity contribution in [2.75, 3.05) is 32.1 Å². The number of likely N-dealkylation sites (tertiary alicyclic amines) is 2. The van der Waals surface area contributed by atoms with Crippen LogP contribution in [0.1, 0.15) is 101 Å². The first-order chi connectivity index (χ1) is 29.3. The quantitative estimate of drug-likeness (QED) is 0.152. The van der Waals surface area contributed by atoms with Crippen LogP contribution >= 0.6 is 11.6 Å². The highest BCUT2D eigenvalue weighted by Crippen LogP contribution is 2.49. The molecule has 0 aliphatic carbocycles. The Morgan fingerprint density at radius 3 is 1.29 bits per heavy atom. The molecular formula is C46H58ClN7O8. The van der Waals surface area contributed by atoms with Crippen LogP contribution < -0.4 is 16.4 Å². The number of carbonyl (C=O) groups is 6. The number of primary amides is 2. The minimum atomic E-state index is -1.46. The van der Waals surface area contributed by atoms with E-state index in [4.69, 9.17) is 23.1 Å². The van der Waals surface area contributed by atoms with E-state index in [-0.39, 0.29) is 37.0 Å². The van der Waals surface area contributed by atoms with Crippen molar-refractivity contribution in [3.05, 3.63) is 100 Å². The van der Waals surface area contributed by atoms with E-state index in [1.807, 2.05) is 72.8 Å². The van der Waals surface area contributed by atoms with Gasteiger partial charge >= 0.3 is 12.2 Å². The Morgan fingerprint density at radius 2 is 0.984 bits per heavy atom. The summed E-state index contributed by atoms with van der Waals surface area (Å²) in [5.74, 6) is -3.02. The molecule has 62 heavy (non-hydrogen) atoms. The summed E-state index contributed by atoms with van der Waals surface area (Å²) in [5.41, 5.74) is 13.3. The van der Waals surface area contributed by atoms with Crippen LogP contribution in [0.4, 0.5) is 15.3 Å². The summed E-state index contributed by atoms with van der Waals surface area (Å²) in [7, 11) is 2.71. The first-order valence-electron chi connectivity index (χ1n) is 21.2. The zero-order valence-corrected chi connectivity index (χ0v) is 36.9. The van der Waals surface area contributed by atoms with Crippen molar-refractivity contribution in [3.63, 3.8) is 0 Å². The number of nitrogens with zero attached hydrogens (tertiary/aromatic N) is 5. The molecule has 3 aliphatic heterocycles. The number of carboxylic acid groups (broad SMARTS) is 2. The van der Waals surface area contributed by atoms with Crippen molar-refractivity contribution in [2.24, 2.45) is 23.3 Å². The number of nitrogens with two attached hydrogens (primary N) is 2. The second-order valence-electron chi connectivity index (χ2n) is 17.5. The monoisotopic (exact) mass is 871 g/mol. The van der Waals surface area contributed by atoms with Crippen LogP contribution in [0.3, 0.4) is 0 Å². The third kappa shape index (κ3) is 7.91. The van der Waals surface area contributed by atoms with Gasteiger partial charge in [-0.25, -0.2) is 9.59 Å². The van der Waals surface area contributed by atoms with Crippen LogP contribution in [0.15, 0.2) is 72.8 Å². The lowest BCUT2D eigenvalue weighted by atomic mass is 9.84. The number of anilines is 1. The molecule has 0 aromatic heterocycles. The molecule has 0 radical (unpaired) electrons. The van der Waals surface area contributed by atoms with Crippen molar-refractivity contribution in [1.29, 1.82) is 0 Å². The van der Waals surface area contributed by atoms with Gasteiger partial charge in [-0.05, 0) is 96.9 Å². The summed E-state index contributed by atoms with van der Waals surface area (Å²) in [6, 6.07) is 20.5. The van der Waals surface area contributed by atoms with Gasteiger partial charge in [-0.15, -0.1) is 0 Å². The average Bonchev–Trinajstić information content (AvgIpc) is 4.00. The van der Waals surface area contributed by atoms with Gasteiger partial charge in [0.1, 0.15) is 23.2 Å². The number of benzene rings is 3. The molecule has 6 amide bonds. The molecule has 0 saturated carbocycles. The van der Waals surface area contributed by atoms with Gasteiger partial charge in [0.15, 0.2) is 0 Å². The molecule has 3 heterocycles. The molecule has 0 unspecified atom stereocenters. The molecule has 0 spiro atoms. The molecule has 3 aromatic rings. The molecule has 3 aliphatic rings. The number of likely N-dealkylation sites (N-methyl/N-ethyl adjacent to an activating group) is 2. The van der Waals surface area contributed by atoms with Crippen molar-refractivity contribution in [1.82, 2.24) is 19.6 Å². The highest BCUT2D eigenvalue weighted by atomic mass is 35.5. The molecule has 15 nitrogen and oxygen atoms in total. The average molecular weight is 872 g/mol. The topological polar surface area (TPSA) is 211 Å². The summed E-state index contributed by atoms with van der Waals surface area (Å²) in [4.78, 5) is 86.4. The largest absolute Gasteiger partial charge is 0.465 e. The lowest BCUT2D eigenvalue weighted by Gasteiger charge is -2.41. The Morgan fingerprint density at radius 1 is 0.629 bits per heavy atom. The highest BCUT2D eigenvalue weighted by molar-refractivity contribution is 6.30. The number of hydrogen-bond donors (Lipinski definition) is 4. The lowest BCUT2D eigenvalue weighted by molar-refractivity contribution is -0.148. The second-order valence-corrected chi connectivity index (χ2v) is 18.0. The van der Waals surface area contributed by atoms with Crippen LogP contribution in [0.5, 0.6) is 0 Å². The lowest BCUT2D eigenvalue weighted by Crippen LogP contribution is -2.59. The van der Waals surface area contributed by atoms with Crippen molar-refractivity contribution >= 4 is 53.1 Å². The van der Waals surface area contributed by atoms with Crippen molar-refractivity contribution < 1.29 is 39.0 Å². The molecule has 3 saturated heterocycles. The molecule has 3 aromatic carbocycles. The number of carbonyl (C=O) groups excluding carboxylic acids is 4. The maximum atomic E-state index is 14.1. The smallest absolute Gasteiger partial charge is 0.407 e. The maximum absolute atomic E-state index is 14.1. The normalized spacial score (nSPS) is 23.4. The Kier molecular flexibility index (Phi) is 13.2. The zero-order valence-electron chi connectivity index (χ0n) is 36.2. The van der Waals surface area contributed by atoms with Gasteiger partial charge in [0.2, 0.25) is 23.6 Å². The van der Waals surface area contributed by atoms with Crippen LogP contribution in [-0.4, -0.2) is 105 Å².